The van der Waals surface area contributed by atoms with E-state index < -0.39 is 5.92 Å². The van der Waals surface area contributed by atoms with Crippen LogP contribution in [0.4, 0.5) is 0 Å². The lowest BCUT2D eigenvalue weighted by Crippen LogP contribution is -2.38. The average Bonchev–Trinajstić information content (AvgIpc) is 2.85. The van der Waals surface area contributed by atoms with Crippen LogP contribution in [0.1, 0.15) is 25.3 Å². The Kier molecular flexibility index (Phi) is 5.06. The molecule has 0 spiro atoms. The largest absolute Gasteiger partial charge is 0.472 e. The first-order chi connectivity index (χ1) is 8.19. The highest BCUT2D eigenvalue weighted by molar-refractivity contribution is 6.01. The number of amidine groups is 1. The highest BCUT2D eigenvalue weighted by Crippen LogP contribution is 2.08. The Bertz CT molecular complexity index is 373. The number of hydrogen-bond acceptors (Lipinski definition) is 4. The fourth-order valence-corrected chi connectivity index (χ4v) is 1.48. The molecule has 1 rings (SSSR count). The number of carbonyl (C=O) groups is 1. The summed E-state index contributed by atoms with van der Waals surface area (Å²) in [6.45, 7) is 2.30. The highest BCUT2D eigenvalue weighted by atomic mass is 16.4. The van der Waals surface area contributed by atoms with Gasteiger partial charge in [-0.1, -0.05) is 18.5 Å². The molecule has 1 unspecified atom stereocenters. The van der Waals surface area contributed by atoms with Gasteiger partial charge in [0.15, 0.2) is 5.84 Å². The van der Waals surface area contributed by atoms with Gasteiger partial charge in [-0.05, 0) is 12.5 Å². The summed E-state index contributed by atoms with van der Waals surface area (Å²) in [5, 5.41) is 14.2. The highest BCUT2D eigenvalue weighted by Gasteiger charge is 2.21. The van der Waals surface area contributed by atoms with Crippen molar-refractivity contribution in [2.75, 3.05) is 0 Å². The monoisotopic (exact) mass is 239 g/mol. The number of furan rings is 1. The quantitative estimate of drug-likeness (QED) is 0.299. The van der Waals surface area contributed by atoms with Crippen LogP contribution in [0.15, 0.2) is 28.2 Å². The second-order valence-electron chi connectivity index (χ2n) is 3.72. The van der Waals surface area contributed by atoms with Crippen molar-refractivity contribution in [2.45, 2.75) is 26.3 Å². The van der Waals surface area contributed by atoms with E-state index in [1.165, 1.54) is 6.26 Å². The molecule has 0 saturated carbocycles. The first-order valence-electron chi connectivity index (χ1n) is 5.45. The van der Waals surface area contributed by atoms with E-state index in [4.69, 9.17) is 15.4 Å². The molecule has 0 aromatic carbocycles. The molecule has 1 atom stereocenters. The summed E-state index contributed by atoms with van der Waals surface area (Å²) in [4.78, 5) is 11.8. The minimum absolute atomic E-state index is 0.0588. The summed E-state index contributed by atoms with van der Waals surface area (Å²) in [6.07, 6.45) is 4.42. The van der Waals surface area contributed by atoms with E-state index in [9.17, 15) is 4.79 Å². The van der Waals surface area contributed by atoms with Gasteiger partial charge < -0.3 is 20.7 Å². The number of rotatable bonds is 6. The van der Waals surface area contributed by atoms with Gasteiger partial charge in [0.05, 0.1) is 18.4 Å². The first kappa shape index (κ1) is 13.1. The smallest absolute Gasteiger partial charge is 0.231 e. The molecule has 17 heavy (non-hydrogen) atoms. The van der Waals surface area contributed by atoms with E-state index in [1.807, 2.05) is 6.92 Å². The van der Waals surface area contributed by atoms with Gasteiger partial charge in [0.2, 0.25) is 5.91 Å². The topological polar surface area (TPSA) is 101 Å². The number of amides is 1. The molecule has 0 aliphatic rings. The molecule has 1 heterocycles. The van der Waals surface area contributed by atoms with Crippen molar-refractivity contribution in [1.82, 2.24) is 5.32 Å². The summed E-state index contributed by atoms with van der Waals surface area (Å²) in [5.74, 6) is -0.892. The predicted octanol–water partition coefficient (Wildman–Crippen LogP) is 1.06. The van der Waals surface area contributed by atoms with E-state index in [2.05, 4.69) is 10.5 Å². The SMILES string of the molecule is CCCC(C(=O)NCc1ccoc1)/C(N)=N/O. The molecular formula is C11H17N3O3. The molecule has 0 bridgehead atoms. The predicted molar refractivity (Wildman–Crippen MR) is 62.4 cm³/mol. The van der Waals surface area contributed by atoms with Crippen molar-refractivity contribution >= 4 is 11.7 Å². The van der Waals surface area contributed by atoms with Crippen molar-refractivity contribution in [3.8, 4) is 0 Å². The molecule has 0 aliphatic heterocycles. The molecule has 1 aromatic rings. The van der Waals surface area contributed by atoms with Gasteiger partial charge in [0, 0.05) is 12.1 Å². The van der Waals surface area contributed by atoms with Crippen LogP contribution in [0, 0.1) is 5.92 Å². The van der Waals surface area contributed by atoms with Gasteiger partial charge in [-0.15, -0.1) is 0 Å². The fraction of sp³-hybridized carbons (Fsp3) is 0.455. The van der Waals surface area contributed by atoms with Crippen molar-refractivity contribution in [2.24, 2.45) is 16.8 Å². The minimum Gasteiger partial charge on any atom is -0.472 e. The maximum absolute atomic E-state index is 11.8. The summed E-state index contributed by atoms with van der Waals surface area (Å²) in [5.41, 5.74) is 6.34. The Hall–Kier alpha value is -1.98. The van der Waals surface area contributed by atoms with Gasteiger partial charge in [-0.2, -0.15) is 0 Å². The van der Waals surface area contributed by atoms with Gasteiger partial charge >= 0.3 is 0 Å². The average molecular weight is 239 g/mol. The van der Waals surface area contributed by atoms with Gasteiger partial charge in [0.1, 0.15) is 0 Å². The summed E-state index contributed by atoms with van der Waals surface area (Å²) in [7, 11) is 0. The van der Waals surface area contributed by atoms with Gasteiger partial charge in [-0.25, -0.2) is 0 Å². The Morgan fingerprint density at radius 1 is 1.71 bits per heavy atom. The summed E-state index contributed by atoms with van der Waals surface area (Å²) < 4.78 is 4.88. The van der Waals surface area contributed by atoms with Crippen LogP contribution in [0.5, 0.6) is 0 Å². The standard InChI is InChI=1S/C11H17N3O3/c1-2-3-9(10(12)14-16)11(15)13-6-8-4-5-17-7-8/h4-5,7,9,16H,2-3,6H2,1H3,(H2,12,14)(H,13,15). The van der Waals surface area contributed by atoms with E-state index >= 15 is 0 Å². The number of hydrogen-bond donors (Lipinski definition) is 3. The van der Waals surface area contributed by atoms with Gasteiger partial charge in [-0.3, -0.25) is 4.79 Å². The number of carbonyl (C=O) groups excluding carboxylic acids is 1. The molecule has 1 aromatic heterocycles. The Morgan fingerprint density at radius 2 is 2.47 bits per heavy atom. The van der Waals surface area contributed by atoms with Crippen molar-refractivity contribution in [3.05, 3.63) is 24.2 Å². The summed E-state index contributed by atoms with van der Waals surface area (Å²) >= 11 is 0. The zero-order valence-electron chi connectivity index (χ0n) is 9.72. The van der Waals surface area contributed by atoms with Gasteiger partial charge in [0.25, 0.3) is 0 Å². The Balaban J connectivity index is 2.53. The molecule has 4 N–H and O–H groups in total. The molecule has 0 aliphatic carbocycles. The van der Waals surface area contributed by atoms with E-state index in [-0.39, 0.29) is 11.7 Å². The molecule has 0 fully saturated rings. The zero-order valence-corrected chi connectivity index (χ0v) is 9.72. The van der Waals surface area contributed by atoms with E-state index in [0.29, 0.717) is 13.0 Å². The van der Waals surface area contributed by atoms with Crippen molar-refractivity contribution < 1.29 is 14.4 Å². The van der Waals surface area contributed by atoms with Crippen LogP contribution < -0.4 is 11.1 Å². The normalized spacial score (nSPS) is 13.4. The van der Waals surface area contributed by atoms with E-state index in [0.717, 1.165) is 12.0 Å². The zero-order chi connectivity index (χ0) is 12.7. The lowest BCUT2D eigenvalue weighted by Gasteiger charge is -2.13. The molecule has 94 valence electrons. The molecule has 0 radical (unpaired) electrons. The first-order valence-corrected chi connectivity index (χ1v) is 5.45. The number of oxime groups is 1. The third-order valence-corrected chi connectivity index (χ3v) is 2.41. The lowest BCUT2D eigenvalue weighted by molar-refractivity contribution is -0.123. The van der Waals surface area contributed by atoms with Crippen LogP contribution >= 0.6 is 0 Å². The molecule has 6 heteroatoms. The maximum atomic E-state index is 11.8. The van der Waals surface area contributed by atoms with Crippen molar-refractivity contribution in [1.29, 1.82) is 0 Å². The molecular weight excluding hydrogens is 222 g/mol. The maximum Gasteiger partial charge on any atom is 0.231 e. The van der Waals surface area contributed by atoms with Crippen LogP contribution in [-0.2, 0) is 11.3 Å². The molecule has 6 nitrogen and oxygen atoms in total. The Morgan fingerprint density at radius 3 is 3.00 bits per heavy atom. The fourth-order valence-electron chi connectivity index (χ4n) is 1.48. The second-order valence-corrected chi connectivity index (χ2v) is 3.72. The molecule has 0 saturated heterocycles. The van der Waals surface area contributed by atoms with Crippen LogP contribution in [0.2, 0.25) is 0 Å². The number of nitrogens with zero attached hydrogens (tertiary/aromatic N) is 1. The van der Waals surface area contributed by atoms with E-state index in [1.54, 1.807) is 12.3 Å². The molecule has 1 amide bonds. The third kappa shape index (κ3) is 3.82. The minimum atomic E-state index is -0.586. The third-order valence-electron chi connectivity index (χ3n) is 2.41. The Labute approximate surface area is 99.5 Å². The second kappa shape index (κ2) is 6.57. The van der Waals surface area contributed by atoms with Crippen LogP contribution in [0.3, 0.4) is 0 Å². The van der Waals surface area contributed by atoms with Crippen LogP contribution in [0.25, 0.3) is 0 Å². The number of nitrogens with two attached hydrogens (primary N) is 1. The lowest BCUT2D eigenvalue weighted by atomic mass is 10.0. The number of nitrogens with one attached hydrogen (secondary N) is 1. The summed E-state index contributed by atoms with van der Waals surface area (Å²) in [6, 6.07) is 1.76. The van der Waals surface area contributed by atoms with Crippen LogP contribution in [-0.4, -0.2) is 17.0 Å². The van der Waals surface area contributed by atoms with Crippen molar-refractivity contribution in [3.63, 3.8) is 0 Å².